The minimum atomic E-state index is -0.631. The molecule has 1 fully saturated rings. The maximum absolute atomic E-state index is 12.7. The Hall–Kier alpha value is -4.65. The first kappa shape index (κ1) is 25.0. The van der Waals surface area contributed by atoms with Gasteiger partial charge in [0.15, 0.2) is 6.61 Å². The fraction of sp³-hybridized carbons (Fsp3) is 0.194. The summed E-state index contributed by atoms with van der Waals surface area (Å²) in [5, 5.41) is 4.91. The lowest BCUT2D eigenvalue weighted by atomic mass is 10.1. The number of hydrogen-bond donors (Lipinski definition) is 1. The molecule has 4 aromatic rings. The van der Waals surface area contributed by atoms with Crippen molar-refractivity contribution in [2.45, 2.75) is 19.4 Å². The van der Waals surface area contributed by atoms with Gasteiger partial charge in [-0.3, -0.25) is 14.4 Å². The number of benzene rings is 4. The number of esters is 1. The van der Waals surface area contributed by atoms with E-state index in [-0.39, 0.29) is 31.5 Å². The van der Waals surface area contributed by atoms with E-state index in [0.29, 0.717) is 11.4 Å². The number of hydrogen-bond acceptors (Lipinski definition) is 5. The maximum atomic E-state index is 12.7. The van der Waals surface area contributed by atoms with Crippen molar-refractivity contribution in [2.75, 3.05) is 18.1 Å². The van der Waals surface area contributed by atoms with E-state index in [4.69, 9.17) is 9.47 Å². The van der Waals surface area contributed by atoms with Crippen molar-refractivity contribution in [3.05, 3.63) is 103 Å². The van der Waals surface area contributed by atoms with E-state index in [1.807, 2.05) is 79.7 Å². The highest BCUT2D eigenvalue weighted by atomic mass is 16.5. The molecule has 0 saturated carbocycles. The third-order valence-electron chi connectivity index (χ3n) is 6.61. The van der Waals surface area contributed by atoms with E-state index in [1.54, 1.807) is 29.2 Å². The highest BCUT2D eigenvalue weighted by molar-refractivity contribution is 5.99. The van der Waals surface area contributed by atoms with Gasteiger partial charge in [0, 0.05) is 24.0 Å². The van der Waals surface area contributed by atoms with Crippen LogP contribution in [-0.2, 0) is 19.1 Å². The van der Waals surface area contributed by atoms with Gasteiger partial charge in [-0.25, -0.2) is 0 Å². The zero-order chi connectivity index (χ0) is 26.5. The summed E-state index contributed by atoms with van der Waals surface area (Å²) in [6.45, 7) is 1.67. The second-order valence-corrected chi connectivity index (χ2v) is 9.29. The summed E-state index contributed by atoms with van der Waals surface area (Å²) in [5.41, 5.74) is 1.63. The number of nitrogens with zero attached hydrogens (tertiary/aromatic N) is 1. The standard InChI is InChI=1S/C31H28N2O5/c1-21(22-8-3-2-4-9-22)32-29(34)20-37-31(36)24-18-30(35)33(19-24)25-14-16-26(17-15-25)38-28-13-7-11-23-10-5-6-12-27(23)28/h2-17,21,24H,18-20H2,1H3,(H,32,34)/t21-,24-/m1/s1. The molecule has 4 aromatic carbocycles. The van der Waals surface area contributed by atoms with Gasteiger partial charge in [-0.1, -0.05) is 66.7 Å². The van der Waals surface area contributed by atoms with Gasteiger partial charge in [-0.15, -0.1) is 0 Å². The molecule has 7 heteroatoms. The first-order chi connectivity index (χ1) is 18.5. The van der Waals surface area contributed by atoms with Crippen LogP contribution >= 0.6 is 0 Å². The number of fused-ring (bicyclic) bond motifs is 1. The topological polar surface area (TPSA) is 84.9 Å². The first-order valence-corrected chi connectivity index (χ1v) is 12.5. The summed E-state index contributed by atoms with van der Waals surface area (Å²) in [5.74, 6) is -0.358. The quantitative estimate of drug-likeness (QED) is 0.322. The molecule has 38 heavy (non-hydrogen) atoms. The van der Waals surface area contributed by atoms with Gasteiger partial charge < -0.3 is 19.7 Å². The Balaban J connectivity index is 1.15. The SMILES string of the molecule is C[C@@H](NC(=O)COC(=O)[C@@H]1CC(=O)N(c2ccc(Oc3cccc4ccccc34)cc2)C1)c1ccccc1. The van der Waals surface area contributed by atoms with Crippen LogP contribution in [0.1, 0.15) is 24.9 Å². The van der Waals surface area contributed by atoms with Crippen LogP contribution in [0.5, 0.6) is 11.5 Å². The molecule has 0 aromatic heterocycles. The Morgan fingerprint density at radius 1 is 0.921 bits per heavy atom. The lowest BCUT2D eigenvalue weighted by Gasteiger charge is -2.17. The lowest BCUT2D eigenvalue weighted by molar-refractivity contribution is -0.152. The van der Waals surface area contributed by atoms with Crippen LogP contribution < -0.4 is 15.0 Å². The number of amides is 2. The average molecular weight is 509 g/mol. The Labute approximate surface area is 221 Å². The van der Waals surface area contributed by atoms with Gasteiger partial charge in [-0.05, 0) is 48.2 Å². The maximum Gasteiger partial charge on any atom is 0.311 e. The predicted molar refractivity (Wildman–Crippen MR) is 145 cm³/mol. The summed E-state index contributed by atoms with van der Waals surface area (Å²) >= 11 is 0. The third-order valence-corrected chi connectivity index (χ3v) is 6.61. The van der Waals surface area contributed by atoms with Gasteiger partial charge in [0.2, 0.25) is 5.91 Å². The largest absolute Gasteiger partial charge is 0.457 e. The smallest absolute Gasteiger partial charge is 0.311 e. The number of anilines is 1. The van der Waals surface area contributed by atoms with Gasteiger partial charge in [-0.2, -0.15) is 0 Å². The summed E-state index contributed by atoms with van der Waals surface area (Å²) in [7, 11) is 0. The molecule has 1 saturated heterocycles. The van der Waals surface area contributed by atoms with Crippen LogP contribution in [0.4, 0.5) is 5.69 Å². The molecule has 0 aliphatic carbocycles. The molecule has 7 nitrogen and oxygen atoms in total. The van der Waals surface area contributed by atoms with E-state index >= 15 is 0 Å². The van der Waals surface area contributed by atoms with Crippen molar-refractivity contribution in [1.82, 2.24) is 5.32 Å². The molecule has 2 atom stereocenters. The van der Waals surface area contributed by atoms with E-state index < -0.39 is 17.8 Å². The molecule has 0 unspecified atom stereocenters. The Morgan fingerprint density at radius 3 is 2.42 bits per heavy atom. The van der Waals surface area contributed by atoms with E-state index in [1.165, 1.54) is 0 Å². The number of carbonyl (C=O) groups excluding carboxylic acids is 3. The van der Waals surface area contributed by atoms with Gasteiger partial charge >= 0.3 is 5.97 Å². The average Bonchev–Trinajstić information content (AvgIpc) is 3.34. The summed E-state index contributed by atoms with van der Waals surface area (Å²) in [4.78, 5) is 39.1. The van der Waals surface area contributed by atoms with E-state index in [2.05, 4.69) is 5.32 Å². The van der Waals surface area contributed by atoms with Crippen LogP contribution in [0.25, 0.3) is 10.8 Å². The van der Waals surface area contributed by atoms with Crippen LogP contribution in [0.3, 0.4) is 0 Å². The fourth-order valence-corrected chi connectivity index (χ4v) is 4.58. The van der Waals surface area contributed by atoms with Crippen molar-refractivity contribution >= 4 is 34.2 Å². The van der Waals surface area contributed by atoms with Crippen LogP contribution in [0.15, 0.2) is 97.1 Å². The normalized spacial score (nSPS) is 15.8. The zero-order valence-electron chi connectivity index (χ0n) is 21.0. The Morgan fingerprint density at radius 2 is 1.63 bits per heavy atom. The highest BCUT2D eigenvalue weighted by Gasteiger charge is 2.36. The van der Waals surface area contributed by atoms with Gasteiger partial charge in [0.1, 0.15) is 11.5 Å². The van der Waals surface area contributed by atoms with Crippen molar-refractivity contribution < 1.29 is 23.9 Å². The van der Waals surface area contributed by atoms with Gasteiger partial charge in [0.05, 0.1) is 12.0 Å². The number of rotatable bonds is 8. The van der Waals surface area contributed by atoms with Gasteiger partial charge in [0.25, 0.3) is 5.91 Å². The van der Waals surface area contributed by atoms with Crippen molar-refractivity contribution in [2.24, 2.45) is 5.92 Å². The molecule has 5 rings (SSSR count). The Kier molecular flexibility index (Phi) is 7.35. The number of nitrogens with one attached hydrogen (secondary N) is 1. The van der Waals surface area contributed by atoms with E-state index in [9.17, 15) is 14.4 Å². The van der Waals surface area contributed by atoms with E-state index in [0.717, 1.165) is 22.1 Å². The van der Waals surface area contributed by atoms with Crippen LogP contribution in [0.2, 0.25) is 0 Å². The minimum absolute atomic E-state index is 0.0368. The Bertz CT molecular complexity index is 1450. The molecular formula is C31H28N2O5. The molecule has 1 aliphatic rings. The van der Waals surface area contributed by atoms with Crippen LogP contribution in [0, 0.1) is 5.92 Å². The zero-order valence-corrected chi connectivity index (χ0v) is 21.0. The molecule has 2 amide bonds. The third kappa shape index (κ3) is 5.67. The molecular weight excluding hydrogens is 480 g/mol. The minimum Gasteiger partial charge on any atom is -0.457 e. The predicted octanol–water partition coefficient (Wildman–Crippen LogP) is 5.41. The molecule has 0 spiro atoms. The monoisotopic (exact) mass is 508 g/mol. The van der Waals surface area contributed by atoms with Crippen molar-refractivity contribution in [3.8, 4) is 11.5 Å². The second kappa shape index (κ2) is 11.2. The second-order valence-electron chi connectivity index (χ2n) is 9.29. The number of ether oxygens (including phenoxy) is 2. The van der Waals surface area contributed by atoms with Crippen molar-refractivity contribution in [3.63, 3.8) is 0 Å². The summed E-state index contributed by atoms with van der Waals surface area (Å²) in [6, 6.07) is 30.4. The molecule has 0 bridgehead atoms. The highest BCUT2D eigenvalue weighted by Crippen LogP contribution is 2.32. The molecule has 1 aliphatic heterocycles. The fourth-order valence-electron chi connectivity index (χ4n) is 4.58. The molecule has 0 radical (unpaired) electrons. The number of carbonyl (C=O) groups is 3. The molecule has 1 heterocycles. The lowest BCUT2D eigenvalue weighted by Crippen LogP contribution is -2.32. The molecule has 192 valence electrons. The molecule has 1 N–H and O–H groups in total. The summed E-state index contributed by atoms with van der Waals surface area (Å²) < 4.78 is 11.3. The van der Waals surface area contributed by atoms with Crippen molar-refractivity contribution in [1.29, 1.82) is 0 Å². The summed E-state index contributed by atoms with van der Waals surface area (Å²) in [6.07, 6.45) is 0.0368. The van der Waals surface area contributed by atoms with Crippen LogP contribution in [-0.4, -0.2) is 30.9 Å². The first-order valence-electron chi connectivity index (χ1n) is 12.5.